The number of halogens is 4. The van der Waals surface area contributed by atoms with Crippen molar-refractivity contribution in [2.75, 3.05) is 19.6 Å². The molecule has 0 amide bonds. The van der Waals surface area contributed by atoms with Gasteiger partial charge in [-0.05, 0) is 79.6 Å². The number of benzene rings is 2. The van der Waals surface area contributed by atoms with E-state index in [0.29, 0.717) is 28.5 Å². The lowest BCUT2D eigenvalue weighted by Gasteiger charge is -2.43. The van der Waals surface area contributed by atoms with Crippen molar-refractivity contribution >= 4 is 41.6 Å². The number of carboxylic acid groups (broad SMARTS) is 1. The fourth-order valence-corrected chi connectivity index (χ4v) is 5.26. The van der Waals surface area contributed by atoms with E-state index in [9.17, 15) is 14.3 Å². The Balaban J connectivity index is 0.00000289. The van der Waals surface area contributed by atoms with Crippen LogP contribution in [0.2, 0.25) is 10.0 Å². The van der Waals surface area contributed by atoms with Crippen molar-refractivity contribution in [2.24, 2.45) is 0 Å². The summed E-state index contributed by atoms with van der Waals surface area (Å²) in [5, 5.41) is 10.6. The third kappa shape index (κ3) is 5.57. The number of aromatic carboxylic acids is 1. The highest BCUT2D eigenvalue weighted by atomic mass is 35.5. The zero-order chi connectivity index (χ0) is 22.3. The molecule has 1 N–H and O–H groups in total. The van der Waals surface area contributed by atoms with Gasteiger partial charge in [0.15, 0.2) is 0 Å². The van der Waals surface area contributed by atoms with Crippen molar-refractivity contribution in [3.05, 3.63) is 68.4 Å². The first kappa shape index (κ1) is 25.3. The van der Waals surface area contributed by atoms with Gasteiger partial charge in [-0.1, -0.05) is 23.2 Å². The summed E-state index contributed by atoms with van der Waals surface area (Å²) in [7, 11) is 0. The number of hydrogen-bond acceptors (Lipinski definition) is 3. The summed E-state index contributed by atoms with van der Waals surface area (Å²) in [6, 6.07) is 9.14. The molecule has 1 heterocycles. The maximum absolute atomic E-state index is 14.4. The molecule has 2 atom stereocenters. The predicted octanol–water partition coefficient (Wildman–Crippen LogP) is 6.40. The molecule has 0 bridgehead atoms. The van der Waals surface area contributed by atoms with Crippen molar-refractivity contribution in [2.45, 2.75) is 51.2 Å². The first-order valence-corrected chi connectivity index (χ1v) is 11.5. The number of piperazine rings is 1. The Labute approximate surface area is 204 Å². The largest absolute Gasteiger partial charge is 0.478 e. The lowest BCUT2D eigenvalue weighted by molar-refractivity contribution is 0.0503. The van der Waals surface area contributed by atoms with Gasteiger partial charge in [-0.2, -0.15) is 0 Å². The van der Waals surface area contributed by atoms with Crippen LogP contribution in [0.4, 0.5) is 4.39 Å². The zero-order valence-corrected chi connectivity index (χ0v) is 20.5. The minimum absolute atomic E-state index is 0. The summed E-state index contributed by atoms with van der Waals surface area (Å²) >= 11 is 12.4. The van der Waals surface area contributed by atoms with Crippen LogP contribution in [0.3, 0.4) is 0 Å². The molecule has 174 valence electrons. The SMILES string of the molecule is CC(c1cc(Cl)cc(Cl)c1)N1CCN(Cc2cc(F)c(C(=O)O)cc2C2CC2)C[C@H]1C.Cl. The van der Waals surface area contributed by atoms with Crippen LogP contribution in [0.5, 0.6) is 0 Å². The lowest BCUT2D eigenvalue weighted by Crippen LogP contribution is -2.52. The number of carbonyl (C=O) groups is 1. The van der Waals surface area contributed by atoms with E-state index in [1.807, 2.05) is 12.1 Å². The minimum Gasteiger partial charge on any atom is -0.478 e. The van der Waals surface area contributed by atoms with E-state index in [4.69, 9.17) is 23.2 Å². The van der Waals surface area contributed by atoms with Crippen LogP contribution in [-0.4, -0.2) is 46.6 Å². The van der Waals surface area contributed by atoms with Gasteiger partial charge in [0, 0.05) is 48.3 Å². The molecule has 1 aliphatic heterocycles. The van der Waals surface area contributed by atoms with Gasteiger partial charge in [0.25, 0.3) is 0 Å². The molecule has 4 nitrogen and oxygen atoms in total. The molecule has 2 fully saturated rings. The molecule has 1 saturated carbocycles. The fourth-order valence-electron chi connectivity index (χ4n) is 4.72. The second kappa shape index (κ2) is 10.3. The molecule has 2 aliphatic rings. The number of rotatable bonds is 6. The predicted molar refractivity (Wildman–Crippen MR) is 129 cm³/mol. The Bertz CT molecular complexity index is 979. The Hall–Kier alpha value is -1.37. The monoisotopic (exact) mass is 500 g/mol. The minimum atomic E-state index is -1.21. The molecule has 1 aliphatic carbocycles. The highest BCUT2D eigenvalue weighted by Crippen LogP contribution is 2.43. The van der Waals surface area contributed by atoms with Gasteiger partial charge >= 0.3 is 5.97 Å². The molecule has 0 radical (unpaired) electrons. The Morgan fingerprint density at radius 2 is 1.81 bits per heavy atom. The highest BCUT2D eigenvalue weighted by molar-refractivity contribution is 6.34. The molecule has 2 aromatic rings. The van der Waals surface area contributed by atoms with Gasteiger partial charge in [-0.3, -0.25) is 9.80 Å². The van der Waals surface area contributed by atoms with E-state index in [1.54, 1.807) is 12.1 Å². The molecule has 0 spiro atoms. The van der Waals surface area contributed by atoms with Crippen LogP contribution in [-0.2, 0) is 6.54 Å². The number of hydrogen-bond donors (Lipinski definition) is 1. The quantitative estimate of drug-likeness (QED) is 0.497. The van der Waals surface area contributed by atoms with Crippen molar-refractivity contribution in [1.29, 1.82) is 0 Å². The topological polar surface area (TPSA) is 43.8 Å². The summed E-state index contributed by atoms with van der Waals surface area (Å²) in [6.45, 7) is 7.59. The van der Waals surface area contributed by atoms with Crippen LogP contribution in [0, 0.1) is 5.82 Å². The van der Waals surface area contributed by atoms with E-state index >= 15 is 0 Å². The zero-order valence-electron chi connectivity index (χ0n) is 18.2. The molecular weight excluding hydrogens is 474 g/mol. The van der Waals surface area contributed by atoms with Crippen LogP contribution in [0.15, 0.2) is 30.3 Å². The molecule has 1 unspecified atom stereocenters. The van der Waals surface area contributed by atoms with Crippen molar-refractivity contribution < 1.29 is 14.3 Å². The van der Waals surface area contributed by atoms with Gasteiger partial charge in [-0.25, -0.2) is 9.18 Å². The molecule has 2 aromatic carbocycles. The molecule has 0 aromatic heterocycles. The molecule has 8 heteroatoms. The number of carboxylic acids is 1. The molecular formula is C24H28Cl3FN2O2. The van der Waals surface area contributed by atoms with Crippen LogP contribution >= 0.6 is 35.6 Å². The van der Waals surface area contributed by atoms with Crippen molar-refractivity contribution in [1.82, 2.24) is 9.80 Å². The summed E-state index contributed by atoms with van der Waals surface area (Å²) in [6.07, 6.45) is 2.09. The van der Waals surface area contributed by atoms with E-state index in [1.165, 1.54) is 6.07 Å². The van der Waals surface area contributed by atoms with E-state index in [0.717, 1.165) is 49.2 Å². The first-order valence-electron chi connectivity index (χ1n) is 10.7. The van der Waals surface area contributed by atoms with Gasteiger partial charge in [0.1, 0.15) is 5.82 Å². The Morgan fingerprint density at radius 3 is 2.38 bits per heavy atom. The van der Waals surface area contributed by atoms with E-state index in [-0.39, 0.29) is 24.0 Å². The van der Waals surface area contributed by atoms with Crippen LogP contribution < -0.4 is 0 Å². The Kier molecular flexibility index (Phi) is 8.11. The van der Waals surface area contributed by atoms with Gasteiger partial charge in [0.2, 0.25) is 0 Å². The Morgan fingerprint density at radius 1 is 1.16 bits per heavy atom. The number of nitrogens with zero attached hydrogens (tertiary/aromatic N) is 2. The standard InChI is InChI=1S/C24H27Cl2FN2O2.ClH/c1-14-12-28(5-6-29(14)15(2)17-7-19(25)10-20(26)8-17)13-18-9-23(27)22(24(30)31)11-21(18)16-3-4-16;/h7-11,14-16H,3-6,12-13H2,1-2H3,(H,30,31);1H/t14-,15?;/m1./s1. The normalized spacial score (nSPS) is 20.6. The fraction of sp³-hybridized carbons (Fsp3) is 0.458. The molecule has 1 saturated heterocycles. The summed E-state index contributed by atoms with van der Waals surface area (Å²) in [4.78, 5) is 16.1. The van der Waals surface area contributed by atoms with Crippen LogP contribution in [0.25, 0.3) is 0 Å². The van der Waals surface area contributed by atoms with E-state index < -0.39 is 11.8 Å². The maximum Gasteiger partial charge on any atom is 0.338 e. The first-order chi connectivity index (χ1) is 14.7. The third-order valence-electron chi connectivity index (χ3n) is 6.50. The third-order valence-corrected chi connectivity index (χ3v) is 6.93. The van der Waals surface area contributed by atoms with Gasteiger partial charge < -0.3 is 5.11 Å². The van der Waals surface area contributed by atoms with Gasteiger partial charge in [0.05, 0.1) is 5.56 Å². The maximum atomic E-state index is 14.4. The summed E-state index contributed by atoms with van der Waals surface area (Å²) in [5.74, 6) is -1.49. The van der Waals surface area contributed by atoms with Crippen molar-refractivity contribution in [3.8, 4) is 0 Å². The molecule has 4 rings (SSSR count). The average molecular weight is 502 g/mol. The highest BCUT2D eigenvalue weighted by Gasteiger charge is 2.31. The second-order valence-corrected chi connectivity index (χ2v) is 9.68. The second-order valence-electron chi connectivity index (χ2n) is 8.81. The van der Waals surface area contributed by atoms with Crippen LogP contribution in [0.1, 0.15) is 65.7 Å². The summed E-state index contributed by atoms with van der Waals surface area (Å²) < 4.78 is 14.4. The summed E-state index contributed by atoms with van der Waals surface area (Å²) in [5.41, 5.74) is 2.79. The lowest BCUT2D eigenvalue weighted by atomic mass is 9.98. The average Bonchev–Trinajstić information content (AvgIpc) is 3.52. The smallest absolute Gasteiger partial charge is 0.338 e. The van der Waals surface area contributed by atoms with E-state index in [2.05, 4.69) is 23.6 Å². The molecule has 32 heavy (non-hydrogen) atoms. The van der Waals surface area contributed by atoms with Gasteiger partial charge in [-0.15, -0.1) is 12.4 Å². The van der Waals surface area contributed by atoms with Crippen molar-refractivity contribution in [3.63, 3.8) is 0 Å².